The molecule has 6 heteroatoms. The van der Waals surface area contributed by atoms with Crippen LogP contribution in [0.5, 0.6) is 5.75 Å². The lowest BCUT2D eigenvalue weighted by Crippen LogP contribution is -2.07. The van der Waals surface area contributed by atoms with Crippen molar-refractivity contribution in [3.63, 3.8) is 0 Å². The number of halogens is 2. The summed E-state index contributed by atoms with van der Waals surface area (Å²) >= 11 is 0. The number of carbonyl (C=O) groups excluding carboxylic acids is 1. The number of nitrogens with zero attached hydrogens (tertiary/aromatic N) is 1. The number of rotatable bonds is 4. The maximum absolute atomic E-state index is 12.3. The highest BCUT2D eigenvalue weighted by Crippen LogP contribution is 2.22. The summed E-state index contributed by atoms with van der Waals surface area (Å²) in [6, 6.07) is 13.4. The molecule has 4 nitrogen and oxygen atoms in total. The SMILES string of the molecule is Cc1ccc(/C=C2\N=C(c3cccc(OC(F)F)c3)OC2=O)cc1. The molecule has 0 amide bonds. The Morgan fingerprint density at radius 2 is 1.92 bits per heavy atom. The fraction of sp³-hybridized carbons (Fsp3) is 0.111. The van der Waals surface area contributed by atoms with Crippen LogP contribution in [0.1, 0.15) is 16.7 Å². The highest BCUT2D eigenvalue weighted by Gasteiger charge is 2.24. The molecule has 2 aromatic carbocycles. The number of benzene rings is 2. The van der Waals surface area contributed by atoms with Gasteiger partial charge in [-0.3, -0.25) is 0 Å². The Balaban J connectivity index is 1.87. The summed E-state index contributed by atoms with van der Waals surface area (Å²) in [4.78, 5) is 16.1. The van der Waals surface area contributed by atoms with Crippen LogP contribution in [0.15, 0.2) is 59.2 Å². The van der Waals surface area contributed by atoms with Gasteiger partial charge in [0.05, 0.1) is 0 Å². The molecule has 0 atom stereocenters. The molecule has 2 aromatic rings. The molecule has 0 saturated heterocycles. The zero-order valence-corrected chi connectivity index (χ0v) is 12.7. The van der Waals surface area contributed by atoms with Gasteiger partial charge in [-0.15, -0.1) is 0 Å². The number of esters is 1. The molecule has 0 bridgehead atoms. The number of hydrogen-bond donors (Lipinski definition) is 0. The van der Waals surface area contributed by atoms with E-state index in [-0.39, 0.29) is 17.3 Å². The summed E-state index contributed by atoms with van der Waals surface area (Å²) in [5.74, 6) is -0.568. The predicted molar refractivity (Wildman–Crippen MR) is 84.9 cm³/mol. The average molecular weight is 329 g/mol. The number of aryl methyl sites for hydroxylation is 1. The smallest absolute Gasteiger partial charge is 0.387 e. The molecule has 0 aromatic heterocycles. The molecule has 0 N–H and O–H groups in total. The van der Waals surface area contributed by atoms with Crippen molar-refractivity contribution in [3.05, 3.63) is 70.9 Å². The molecule has 0 unspecified atom stereocenters. The highest BCUT2D eigenvalue weighted by atomic mass is 19.3. The van der Waals surface area contributed by atoms with Crippen LogP contribution in [0, 0.1) is 6.92 Å². The van der Waals surface area contributed by atoms with Gasteiger partial charge < -0.3 is 9.47 Å². The van der Waals surface area contributed by atoms with Crippen LogP contribution in [0.25, 0.3) is 6.08 Å². The lowest BCUT2D eigenvalue weighted by Gasteiger charge is -2.05. The lowest BCUT2D eigenvalue weighted by molar-refractivity contribution is -0.129. The zero-order valence-electron chi connectivity index (χ0n) is 12.7. The Labute approximate surface area is 137 Å². The maximum Gasteiger partial charge on any atom is 0.387 e. The van der Waals surface area contributed by atoms with E-state index < -0.39 is 12.6 Å². The van der Waals surface area contributed by atoms with Gasteiger partial charge in [0.25, 0.3) is 0 Å². The monoisotopic (exact) mass is 329 g/mol. The van der Waals surface area contributed by atoms with Gasteiger partial charge in [0.15, 0.2) is 5.70 Å². The van der Waals surface area contributed by atoms with Crippen LogP contribution in [0.3, 0.4) is 0 Å². The summed E-state index contributed by atoms with van der Waals surface area (Å²) in [5, 5.41) is 0. The first-order chi connectivity index (χ1) is 11.5. The minimum absolute atomic E-state index is 0.0304. The molecule has 0 radical (unpaired) electrons. The minimum atomic E-state index is -2.93. The van der Waals surface area contributed by atoms with Crippen LogP contribution in [-0.2, 0) is 9.53 Å². The second-order valence-electron chi connectivity index (χ2n) is 5.15. The van der Waals surface area contributed by atoms with Crippen molar-refractivity contribution in [2.75, 3.05) is 0 Å². The molecule has 0 aliphatic carbocycles. The number of cyclic esters (lactones) is 1. The minimum Gasteiger partial charge on any atom is -0.435 e. The Hall–Kier alpha value is -3.02. The topological polar surface area (TPSA) is 47.9 Å². The van der Waals surface area contributed by atoms with Crippen molar-refractivity contribution >= 4 is 17.9 Å². The van der Waals surface area contributed by atoms with Crippen molar-refractivity contribution in [1.29, 1.82) is 0 Å². The molecule has 0 spiro atoms. The molecule has 0 saturated carbocycles. The first kappa shape index (κ1) is 15.9. The Morgan fingerprint density at radius 1 is 1.17 bits per heavy atom. The van der Waals surface area contributed by atoms with Crippen LogP contribution in [0.2, 0.25) is 0 Å². The normalized spacial score (nSPS) is 15.6. The Bertz CT molecular complexity index is 826. The molecular formula is C18H13F2NO3. The number of hydrogen-bond acceptors (Lipinski definition) is 4. The van der Waals surface area contributed by atoms with Crippen molar-refractivity contribution < 1.29 is 23.0 Å². The molecule has 1 aliphatic rings. The first-order valence-corrected chi connectivity index (χ1v) is 7.16. The lowest BCUT2D eigenvalue weighted by atomic mass is 10.1. The van der Waals surface area contributed by atoms with E-state index in [4.69, 9.17) is 4.74 Å². The molecule has 3 rings (SSSR count). The Kier molecular flexibility index (Phi) is 4.37. The van der Waals surface area contributed by atoms with E-state index in [1.54, 1.807) is 12.1 Å². The van der Waals surface area contributed by atoms with Crippen molar-refractivity contribution in [3.8, 4) is 5.75 Å². The van der Waals surface area contributed by atoms with E-state index >= 15 is 0 Å². The van der Waals surface area contributed by atoms with E-state index in [9.17, 15) is 13.6 Å². The van der Waals surface area contributed by atoms with Gasteiger partial charge >= 0.3 is 12.6 Å². The summed E-state index contributed by atoms with van der Waals surface area (Å²) in [6.07, 6.45) is 1.61. The van der Waals surface area contributed by atoms with Gasteiger partial charge in [0.1, 0.15) is 5.75 Å². The number of carbonyl (C=O) groups is 1. The molecule has 122 valence electrons. The molecular weight excluding hydrogens is 316 g/mol. The second kappa shape index (κ2) is 6.62. The highest BCUT2D eigenvalue weighted by molar-refractivity contribution is 6.12. The maximum atomic E-state index is 12.3. The summed E-state index contributed by atoms with van der Waals surface area (Å²) in [7, 11) is 0. The van der Waals surface area contributed by atoms with Gasteiger partial charge in [-0.05, 0) is 36.8 Å². The average Bonchev–Trinajstić information content (AvgIpc) is 2.90. The zero-order chi connectivity index (χ0) is 17.1. The summed E-state index contributed by atoms with van der Waals surface area (Å²) in [5.41, 5.74) is 2.45. The molecule has 24 heavy (non-hydrogen) atoms. The largest absolute Gasteiger partial charge is 0.435 e. The van der Waals surface area contributed by atoms with Crippen LogP contribution < -0.4 is 4.74 Å². The third-order valence-corrected chi connectivity index (χ3v) is 3.31. The number of alkyl halides is 2. The third-order valence-electron chi connectivity index (χ3n) is 3.31. The standard InChI is InChI=1S/C18H13F2NO3/c1-11-5-7-12(8-6-11)9-15-17(22)24-16(21-15)13-3-2-4-14(10-13)23-18(19)20/h2-10,18H,1H3/b15-9-. The second-order valence-corrected chi connectivity index (χ2v) is 5.15. The van der Waals surface area contributed by atoms with E-state index in [0.717, 1.165) is 11.1 Å². The Morgan fingerprint density at radius 3 is 2.62 bits per heavy atom. The van der Waals surface area contributed by atoms with Gasteiger partial charge in [0.2, 0.25) is 5.90 Å². The molecule has 1 aliphatic heterocycles. The van der Waals surface area contributed by atoms with Gasteiger partial charge in [-0.2, -0.15) is 8.78 Å². The molecule has 0 fully saturated rings. The van der Waals surface area contributed by atoms with Gasteiger partial charge in [-0.25, -0.2) is 9.79 Å². The predicted octanol–water partition coefficient (Wildman–Crippen LogP) is 3.94. The number of ether oxygens (including phenoxy) is 2. The third kappa shape index (κ3) is 3.65. The van der Waals surface area contributed by atoms with E-state index in [0.29, 0.717) is 5.56 Å². The fourth-order valence-corrected chi connectivity index (χ4v) is 2.16. The van der Waals surface area contributed by atoms with Crippen molar-refractivity contribution in [2.24, 2.45) is 4.99 Å². The van der Waals surface area contributed by atoms with Crippen molar-refractivity contribution in [1.82, 2.24) is 0 Å². The summed E-state index contributed by atoms with van der Waals surface area (Å²) < 4.78 is 34.0. The molecule has 1 heterocycles. The van der Waals surface area contributed by atoms with E-state index in [2.05, 4.69) is 9.73 Å². The van der Waals surface area contributed by atoms with Gasteiger partial charge in [0, 0.05) is 5.56 Å². The van der Waals surface area contributed by atoms with E-state index in [1.165, 1.54) is 18.2 Å². The first-order valence-electron chi connectivity index (χ1n) is 7.16. The van der Waals surface area contributed by atoms with Crippen LogP contribution >= 0.6 is 0 Å². The fourth-order valence-electron chi connectivity index (χ4n) is 2.16. The van der Waals surface area contributed by atoms with Crippen LogP contribution in [-0.4, -0.2) is 18.5 Å². The summed E-state index contributed by atoms with van der Waals surface area (Å²) in [6.45, 7) is -0.962. The van der Waals surface area contributed by atoms with Crippen molar-refractivity contribution in [2.45, 2.75) is 13.5 Å². The number of aliphatic imine (C=N–C) groups is 1. The van der Waals surface area contributed by atoms with Crippen LogP contribution in [0.4, 0.5) is 8.78 Å². The van der Waals surface area contributed by atoms with E-state index in [1.807, 2.05) is 31.2 Å². The quantitative estimate of drug-likeness (QED) is 0.630. The van der Waals surface area contributed by atoms with Gasteiger partial charge in [-0.1, -0.05) is 35.9 Å².